The molecule has 2 rings (SSSR count). The molecule has 19 heavy (non-hydrogen) atoms. The second kappa shape index (κ2) is 4.87. The Kier molecular flexibility index (Phi) is 3.42. The Morgan fingerprint density at radius 2 is 2.21 bits per heavy atom. The molecular weight excluding hydrogens is 246 g/mol. The molecule has 0 aliphatic rings. The Bertz CT molecular complexity index is 611. The van der Waals surface area contributed by atoms with E-state index in [0.717, 1.165) is 11.3 Å². The van der Waals surface area contributed by atoms with Crippen LogP contribution in [0.15, 0.2) is 10.7 Å². The van der Waals surface area contributed by atoms with Gasteiger partial charge in [-0.1, -0.05) is 25.9 Å². The lowest BCUT2D eigenvalue weighted by Crippen LogP contribution is -2.03. The van der Waals surface area contributed by atoms with Gasteiger partial charge in [0.15, 0.2) is 5.76 Å². The van der Waals surface area contributed by atoms with Crippen molar-refractivity contribution in [1.29, 1.82) is 0 Å². The van der Waals surface area contributed by atoms with Crippen LogP contribution in [0.25, 0.3) is 11.3 Å². The van der Waals surface area contributed by atoms with Crippen LogP contribution in [0, 0.1) is 0 Å². The maximum absolute atomic E-state index is 11.5. The fourth-order valence-corrected chi connectivity index (χ4v) is 2.08. The zero-order valence-corrected chi connectivity index (χ0v) is 11.5. The average Bonchev–Trinajstić information content (AvgIpc) is 2.91. The van der Waals surface area contributed by atoms with Crippen LogP contribution in [-0.4, -0.2) is 26.0 Å². The van der Waals surface area contributed by atoms with Crippen molar-refractivity contribution in [2.75, 3.05) is 0 Å². The normalized spacial score (nSPS) is 11.2. The highest BCUT2D eigenvalue weighted by Crippen LogP contribution is 2.31. The maximum atomic E-state index is 11.5. The van der Waals surface area contributed by atoms with Crippen LogP contribution in [0.2, 0.25) is 0 Å². The number of hydrogen-bond donors (Lipinski definition) is 1. The average molecular weight is 263 g/mol. The summed E-state index contributed by atoms with van der Waals surface area (Å²) in [5.41, 5.74) is 2.03. The van der Waals surface area contributed by atoms with Crippen molar-refractivity contribution in [2.24, 2.45) is 7.05 Å². The molecule has 2 aromatic rings. The number of aromatic nitrogens is 3. The van der Waals surface area contributed by atoms with E-state index in [9.17, 15) is 9.90 Å². The molecule has 0 saturated carbocycles. The van der Waals surface area contributed by atoms with Crippen LogP contribution in [0.5, 0.6) is 0 Å². The van der Waals surface area contributed by atoms with Crippen molar-refractivity contribution >= 4 is 5.97 Å². The van der Waals surface area contributed by atoms with Crippen molar-refractivity contribution in [3.8, 4) is 11.3 Å². The minimum Gasteiger partial charge on any atom is -0.477 e. The van der Waals surface area contributed by atoms with Gasteiger partial charge in [-0.2, -0.15) is 5.10 Å². The predicted octanol–water partition coefficient (Wildman–Crippen LogP) is 2.46. The van der Waals surface area contributed by atoms with E-state index in [0.29, 0.717) is 17.9 Å². The Hall–Kier alpha value is -2.11. The third kappa shape index (κ3) is 2.25. The molecule has 2 aromatic heterocycles. The molecule has 0 spiro atoms. The number of nitrogens with zero attached hydrogens (tertiary/aromatic N) is 3. The zero-order valence-electron chi connectivity index (χ0n) is 11.5. The van der Waals surface area contributed by atoms with E-state index < -0.39 is 5.97 Å². The van der Waals surface area contributed by atoms with E-state index in [-0.39, 0.29) is 11.5 Å². The summed E-state index contributed by atoms with van der Waals surface area (Å²) in [4.78, 5) is 11.5. The van der Waals surface area contributed by atoms with Crippen molar-refractivity contribution in [3.63, 3.8) is 0 Å². The fourth-order valence-electron chi connectivity index (χ4n) is 2.08. The van der Waals surface area contributed by atoms with E-state index in [1.54, 1.807) is 17.9 Å². The lowest BCUT2D eigenvalue weighted by atomic mass is 10.0. The second-order valence-electron chi connectivity index (χ2n) is 4.75. The van der Waals surface area contributed by atoms with Crippen molar-refractivity contribution < 1.29 is 14.4 Å². The van der Waals surface area contributed by atoms with Gasteiger partial charge in [0.2, 0.25) is 0 Å². The molecule has 0 aromatic carbocycles. The van der Waals surface area contributed by atoms with Gasteiger partial charge < -0.3 is 9.63 Å². The third-order valence-corrected chi connectivity index (χ3v) is 2.95. The summed E-state index contributed by atoms with van der Waals surface area (Å²) >= 11 is 0. The molecule has 1 N–H and O–H groups in total. The molecule has 0 radical (unpaired) electrons. The van der Waals surface area contributed by atoms with Crippen LogP contribution in [0.4, 0.5) is 0 Å². The zero-order chi connectivity index (χ0) is 14.2. The molecule has 0 aliphatic heterocycles. The highest BCUT2D eigenvalue weighted by molar-refractivity contribution is 5.96. The number of aryl methyl sites for hydroxylation is 2. The Labute approximate surface area is 111 Å². The largest absolute Gasteiger partial charge is 0.477 e. The summed E-state index contributed by atoms with van der Waals surface area (Å²) in [5, 5.41) is 17.6. The van der Waals surface area contributed by atoms with Gasteiger partial charge in [0.05, 0.1) is 5.69 Å². The molecule has 2 heterocycles. The van der Waals surface area contributed by atoms with E-state index in [1.807, 2.05) is 20.8 Å². The van der Waals surface area contributed by atoms with E-state index in [4.69, 9.17) is 4.52 Å². The summed E-state index contributed by atoms with van der Waals surface area (Å²) in [5.74, 6) is -0.659. The molecule has 0 unspecified atom stereocenters. The minimum absolute atomic E-state index is 0.0332. The van der Waals surface area contributed by atoms with Crippen LogP contribution in [0.3, 0.4) is 0 Å². The third-order valence-electron chi connectivity index (χ3n) is 2.95. The molecule has 0 amide bonds. The number of hydrogen-bond acceptors (Lipinski definition) is 4. The highest BCUT2D eigenvalue weighted by Gasteiger charge is 2.27. The van der Waals surface area contributed by atoms with Gasteiger partial charge >= 0.3 is 5.97 Å². The Morgan fingerprint density at radius 1 is 1.53 bits per heavy atom. The van der Waals surface area contributed by atoms with Gasteiger partial charge in [0.25, 0.3) is 0 Å². The molecular formula is C13H17N3O3. The van der Waals surface area contributed by atoms with Crippen LogP contribution < -0.4 is 0 Å². The number of aromatic carboxylic acids is 1. The standard InChI is InChI=1S/C13H17N3O3/c1-5-9-8(6-16(4)14-9)11-10(13(17)18)12(7(2)3)19-15-11/h6-7H,5H2,1-4H3,(H,17,18). The molecule has 0 atom stereocenters. The molecule has 6 heteroatoms. The highest BCUT2D eigenvalue weighted by atomic mass is 16.5. The predicted molar refractivity (Wildman–Crippen MR) is 69.1 cm³/mol. The van der Waals surface area contributed by atoms with E-state index in [2.05, 4.69) is 10.3 Å². The van der Waals surface area contributed by atoms with E-state index in [1.165, 1.54) is 0 Å². The Morgan fingerprint density at radius 3 is 2.74 bits per heavy atom. The molecule has 6 nitrogen and oxygen atoms in total. The minimum atomic E-state index is -1.02. The second-order valence-corrected chi connectivity index (χ2v) is 4.75. The van der Waals surface area contributed by atoms with Gasteiger partial charge in [-0.3, -0.25) is 4.68 Å². The monoisotopic (exact) mass is 263 g/mol. The summed E-state index contributed by atoms with van der Waals surface area (Å²) < 4.78 is 6.87. The summed E-state index contributed by atoms with van der Waals surface area (Å²) in [6, 6.07) is 0. The molecule has 102 valence electrons. The van der Waals surface area contributed by atoms with Gasteiger partial charge in [-0.25, -0.2) is 4.79 Å². The first-order valence-corrected chi connectivity index (χ1v) is 6.21. The molecule has 0 fully saturated rings. The topological polar surface area (TPSA) is 81.2 Å². The van der Waals surface area contributed by atoms with Crippen molar-refractivity contribution in [3.05, 3.63) is 23.2 Å². The quantitative estimate of drug-likeness (QED) is 0.916. The smallest absolute Gasteiger partial charge is 0.341 e. The van der Waals surface area contributed by atoms with Crippen molar-refractivity contribution in [1.82, 2.24) is 14.9 Å². The number of carboxylic acid groups (broad SMARTS) is 1. The van der Waals surface area contributed by atoms with Crippen LogP contribution in [0.1, 0.15) is 48.5 Å². The number of carbonyl (C=O) groups is 1. The van der Waals surface area contributed by atoms with Crippen LogP contribution >= 0.6 is 0 Å². The van der Waals surface area contributed by atoms with E-state index >= 15 is 0 Å². The first-order chi connectivity index (χ1) is 8.95. The maximum Gasteiger partial charge on any atom is 0.341 e. The van der Waals surface area contributed by atoms with Crippen LogP contribution in [-0.2, 0) is 13.5 Å². The Balaban J connectivity index is 2.65. The van der Waals surface area contributed by atoms with Gasteiger partial charge in [-0.05, 0) is 6.42 Å². The first kappa shape index (κ1) is 13.3. The fraction of sp³-hybridized carbons (Fsp3) is 0.462. The first-order valence-electron chi connectivity index (χ1n) is 6.21. The summed E-state index contributed by atoms with van der Waals surface area (Å²) in [6.45, 7) is 5.72. The molecule has 0 saturated heterocycles. The lowest BCUT2D eigenvalue weighted by molar-refractivity contribution is 0.0694. The van der Waals surface area contributed by atoms with Gasteiger partial charge in [-0.15, -0.1) is 0 Å². The number of rotatable bonds is 4. The van der Waals surface area contributed by atoms with Crippen molar-refractivity contribution in [2.45, 2.75) is 33.1 Å². The SMILES string of the molecule is CCc1nn(C)cc1-c1noc(C(C)C)c1C(=O)O. The summed E-state index contributed by atoms with van der Waals surface area (Å²) in [6.07, 6.45) is 2.48. The molecule has 0 bridgehead atoms. The summed E-state index contributed by atoms with van der Waals surface area (Å²) in [7, 11) is 1.80. The molecule has 0 aliphatic carbocycles. The number of carboxylic acids is 1. The lowest BCUT2D eigenvalue weighted by Gasteiger charge is -2.01. The van der Waals surface area contributed by atoms with Gasteiger partial charge in [0, 0.05) is 24.7 Å². The van der Waals surface area contributed by atoms with Gasteiger partial charge in [0.1, 0.15) is 11.3 Å².